The number of pyridine rings is 1. The first-order valence-corrected chi connectivity index (χ1v) is 12.5. The monoisotopic (exact) mass is 562 g/mol. The quantitative estimate of drug-likeness (QED) is 0.338. The number of halogens is 4. The van der Waals surface area contributed by atoms with Gasteiger partial charge in [-0.3, -0.25) is 0 Å². The van der Waals surface area contributed by atoms with Crippen LogP contribution in [0.2, 0.25) is 5.02 Å². The van der Waals surface area contributed by atoms with Crippen LogP contribution in [0, 0.1) is 6.92 Å². The number of rotatable bonds is 6. The normalized spacial score (nSPS) is 17.7. The molecule has 5 rings (SSSR count). The number of aromatic nitrogens is 6. The van der Waals surface area contributed by atoms with Gasteiger partial charge in [0, 0.05) is 12.7 Å². The Bertz CT molecular complexity index is 1530. The van der Waals surface area contributed by atoms with Crippen LogP contribution in [0.25, 0.3) is 17.2 Å². The van der Waals surface area contributed by atoms with Gasteiger partial charge in [-0.25, -0.2) is 9.97 Å². The molecule has 1 N–H and O–H groups in total. The molecular weight excluding hydrogens is 537 g/mol. The molecule has 1 aromatic carbocycles. The van der Waals surface area contributed by atoms with Crippen molar-refractivity contribution in [3.05, 3.63) is 65.0 Å². The van der Waals surface area contributed by atoms with E-state index < -0.39 is 28.0 Å². The van der Waals surface area contributed by atoms with E-state index in [0.717, 1.165) is 17.8 Å². The van der Waals surface area contributed by atoms with Crippen molar-refractivity contribution in [2.45, 2.75) is 57.5 Å². The standard InChI is InChI=1S/C26H26ClF3N6O3/c1-15-13-35(14-31-15)20-9-8-19(32-22(20)38-4)21-33-34-23-25(24(2,3)37,10-5-11-36(21)23)39-16-6-7-18(27)17(12-16)26(28,29)30/h6-9,12-14,37H,5,10-11H2,1-4H3. The Morgan fingerprint density at radius 2 is 1.90 bits per heavy atom. The zero-order chi connectivity index (χ0) is 28.2. The maximum Gasteiger partial charge on any atom is 0.417 e. The van der Waals surface area contributed by atoms with Crippen LogP contribution in [0.3, 0.4) is 0 Å². The van der Waals surface area contributed by atoms with Gasteiger partial charge in [-0.15, -0.1) is 10.2 Å². The number of nitrogens with zero attached hydrogens (tertiary/aromatic N) is 6. The molecule has 39 heavy (non-hydrogen) atoms. The molecule has 3 aromatic heterocycles. The third-order valence-corrected chi connectivity index (χ3v) is 7.13. The Balaban J connectivity index is 1.59. The number of hydrogen-bond donors (Lipinski definition) is 1. The molecule has 1 atom stereocenters. The van der Waals surface area contributed by atoms with E-state index in [1.54, 1.807) is 21.5 Å². The van der Waals surface area contributed by atoms with Crippen molar-refractivity contribution in [2.24, 2.45) is 0 Å². The molecule has 1 aliphatic rings. The lowest BCUT2D eigenvalue weighted by molar-refractivity contribution is -0.141. The van der Waals surface area contributed by atoms with Crippen LogP contribution < -0.4 is 9.47 Å². The van der Waals surface area contributed by atoms with E-state index in [1.807, 2.05) is 19.2 Å². The number of ether oxygens (including phenoxy) is 2. The lowest BCUT2D eigenvalue weighted by atomic mass is 9.79. The topological polar surface area (TPSA) is 100 Å². The molecule has 1 aliphatic heterocycles. The van der Waals surface area contributed by atoms with Gasteiger partial charge in [-0.1, -0.05) is 11.6 Å². The SMILES string of the molecule is COc1nc(-c2nnc3n2CCCC3(Oc2ccc(Cl)c(C(F)(F)F)c2)C(C)(C)O)ccc1-n1cnc(C)c1. The second kappa shape index (κ2) is 9.53. The molecule has 13 heteroatoms. The molecular formula is C26H26ClF3N6O3. The number of methoxy groups -OCH3 is 1. The smallest absolute Gasteiger partial charge is 0.417 e. The number of aliphatic hydroxyl groups is 1. The first-order chi connectivity index (χ1) is 18.3. The summed E-state index contributed by atoms with van der Waals surface area (Å²) in [6, 6.07) is 6.87. The zero-order valence-corrected chi connectivity index (χ0v) is 22.4. The maximum absolute atomic E-state index is 13.5. The van der Waals surface area contributed by atoms with Crippen LogP contribution >= 0.6 is 11.6 Å². The van der Waals surface area contributed by atoms with Gasteiger partial charge in [0.2, 0.25) is 5.88 Å². The van der Waals surface area contributed by atoms with Crippen molar-refractivity contribution in [3.63, 3.8) is 0 Å². The van der Waals surface area contributed by atoms with E-state index in [9.17, 15) is 18.3 Å². The van der Waals surface area contributed by atoms with Crippen LogP contribution in [0.1, 0.15) is 43.8 Å². The predicted molar refractivity (Wildman–Crippen MR) is 136 cm³/mol. The summed E-state index contributed by atoms with van der Waals surface area (Å²) in [6.45, 7) is 5.42. The predicted octanol–water partition coefficient (Wildman–Crippen LogP) is 5.35. The highest BCUT2D eigenvalue weighted by Gasteiger charge is 2.54. The molecule has 0 saturated heterocycles. The van der Waals surface area contributed by atoms with Gasteiger partial charge < -0.3 is 23.7 Å². The molecule has 0 fully saturated rings. The van der Waals surface area contributed by atoms with E-state index in [-0.39, 0.29) is 18.0 Å². The van der Waals surface area contributed by atoms with Gasteiger partial charge in [0.1, 0.15) is 22.7 Å². The first kappa shape index (κ1) is 26.9. The summed E-state index contributed by atoms with van der Waals surface area (Å²) in [5, 5.41) is 19.6. The van der Waals surface area contributed by atoms with Gasteiger partial charge in [-0.2, -0.15) is 13.2 Å². The van der Waals surface area contributed by atoms with Gasteiger partial charge in [0.25, 0.3) is 0 Å². The average molecular weight is 563 g/mol. The molecule has 0 amide bonds. The fourth-order valence-corrected chi connectivity index (χ4v) is 5.07. The van der Waals surface area contributed by atoms with E-state index in [4.69, 9.17) is 21.1 Å². The Morgan fingerprint density at radius 3 is 2.54 bits per heavy atom. The molecule has 0 radical (unpaired) electrons. The first-order valence-electron chi connectivity index (χ1n) is 12.1. The molecule has 1 unspecified atom stereocenters. The van der Waals surface area contributed by atoms with Gasteiger partial charge in [0.15, 0.2) is 17.2 Å². The molecule has 0 bridgehead atoms. The van der Waals surface area contributed by atoms with Crippen LogP contribution in [-0.4, -0.2) is 47.1 Å². The Kier molecular flexibility index (Phi) is 6.58. The minimum atomic E-state index is -4.68. The number of hydrogen-bond acceptors (Lipinski definition) is 7. The van der Waals surface area contributed by atoms with E-state index in [0.29, 0.717) is 36.1 Å². The molecule has 9 nitrogen and oxygen atoms in total. The Hall–Kier alpha value is -3.64. The summed E-state index contributed by atoms with van der Waals surface area (Å²) in [5.41, 5.74) is -2.12. The average Bonchev–Trinajstić information content (AvgIpc) is 3.50. The third-order valence-electron chi connectivity index (χ3n) is 6.80. The lowest BCUT2D eigenvalue weighted by Crippen LogP contribution is -2.55. The minimum absolute atomic E-state index is 0.105. The van der Waals surface area contributed by atoms with Crippen LogP contribution in [0.5, 0.6) is 11.6 Å². The molecule has 0 aliphatic carbocycles. The number of alkyl halides is 3. The van der Waals surface area contributed by atoms with Crippen LogP contribution in [0.15, 0.2) is 42.9 Å². The fraction of sp³-hybridized carbons (Fsp3) is 0.385. The zero-order valence-electron chi connectivity index (χ0n) is 21.6. The number of aryl methyl sites for hydroxylation is 1. The van der Waals surface area contributed by atoms with Crippen LogP contribution in [0.4, 0.5) is 13.2 Å². The summed E-state index contributed by atoms with van der Waals surface area (Å²) in [7, 11) is 1.51. The number of benzene rings is 1. The Labute approximate surface area is 227 Å². The highest BCUT2D eigenvalue weighted by molar-refractivity contribution is 6.31. The number of fused-ring (bicyclic) bond motifs is 1. The second-order valence-corrected chi connectivity index (χ2v) is 10.3. The molecule has 0 spiro atoms. The third kappa shape index (κ3) is 4.71. The molecule has 4 aromatic rings. The highest BCUT2D eigenvalue weighted by atomic mass is 35.5. The van der Waals surface area contributed by atoms with E-state index in [2.05, 4.69) is 20.2 Å². The highest BCUT2D eigenvalue weighted by Crippen LogP contribution is 2.46. The summed E-state index contributed by atoms with van der Waals surface area (Å²) < 4.78 is 55.9. The van der Waals surface area contributed by atoms with Crippen molar-refractivity contribution in [2.75, 3.05) is 7.11 Å². The number of imidazole rings is 1. The van der Waals surface area contributed by atoms with Crippen LogP contribution in [-0.2, 0) is 18.3 Å². The van der Waals surface area contributed by atoms with Crippen molar-refractivity contribution >= 4 is 11.6 Å². The molecule has 4 heterocycles. The van der Waals surface area contributed by atoms with E-state index >= 15 is 0 Å². The van der Waals surface area contributed by atoms with Crippen molar-refractivity contribution in [1.82, 2.24) is 29.3 Å². The van der Waals surface area contributed by atoms with E-state index in [1.165, 1.54) is 27.0 Å². The summed E-state index contributed by atoms with van der Waals surface area (Å²) in [4.78, 5) is 8.87. The van der Waals surface area contributed by atoms with Crippen molar-refractivity contribution in [3.8, 4) is 28.8 Å². The Morgan fingerprint density at radius 1 is 1.13 bits per heavy atom. The van der Waals surface area contributed by atoms with Gasteiger partial charge in [0.05, 0.1) is 29.7 Å². The maximum atomic E-state index is 13.5. The van der Waals surface area contributed by atoms with Gasteiger partial charge >= 0.3 is 6.18 Å². The summed E-state index contributed by atoms with van der Waals surface area (Å²) in [6.07, 6.45) is -0.360. The summed E-state index contributed by atoms with van der Waals surface area (Å²) >= 11 is 5.80. The second-order valence-electron chi connectivity index (χ2n) is 9.88. The minimum Gasteiger partial charge on any atom is -0.479 e. The molecule has 0 saturated carbocycles. The van der Waals surface area contributed by atoms with Crippen molar-refractivity contribution in [1.29, 1.82) is 0 Å². The molecule has 206 valence electrons. The van der Waals surface area contributed by atoms with Gasteiger partial charge in [-0.05, 0) is 63.9 Å². The largest absolute Gasteiger partial charge is 0.479 e. The summed E-state index contributed by atoms with van der Waals surface area (Å²) in [5.74, 6) is 0.908. The van der Waals surface area contributed by atoms with Crippen molar-refractivity contribution < 1.29 is 27.8 Å². The fourth-order valence-electron chi connectivity index (χ4n) is 4.85. The lowest BCUT2D eigenvalue weighted by Gasteiger charge is -2.44.